The van der Waals surface area contributed by atoms with Crippen LogP contribution in [0.5, 0.6) is 0 Å². The van der Waals surface area contributed by atoms with E-state index in [0.29, 0.717) is 5.69 Å². The van der Waals surface area contributed by atoms with Crippen molar-refractivity contribution in [1.29, 1.82) is 0 Å². The molecule has 104 valence electrons. The predicted molar refractivity (Wildman–Crippen MR) is 64.8 cm³/mol. The quantitative estimate of drug-likeness (QED) is 0.489. The summed E-state index contributed by atoms with van der Waals surface area (Å²) < 4.78 is 5.17. The highest BCUT2D eigenvalue weighted by Gasteiger charge is 2.37. The molecule has 7 heteroatoms. The standard InChI is InChI=1S/C12H15NO6/c14-8-5-19-11(10(16)9(8)15)13-7-3-1-6(2-4-7)12(17)18/h1-4,8-11,13-16H,5H2,(H,17,18)/t8-,9-,10+,11?/m1/s1. The number of hydrogen-bond acceptors (Lipinski definition) is 6. The summed E-state index contributed by atoms with van der Waals surface area (Å²) in [5, 5.41) is 40.1. The van der Waals surface area contributed by atoms with E-state index in [0.717, 1.165) is 0 Å². The zero-order valence-electron chi connectivity index (χ0n) is 9.93. The number of aromatic carboxylic acids is 1. The molecule has 0 saturated carbocycles. The van der Waals surface area contributed by atoms with Gasteiger partial charge in [-0.25, -0.2) is 4.79 Å². The van der Waals surface area contributed by atoms with E-state index in [1.807, 2.05) is 0 Å². The second kappa shape index (κ2) is 5.54. The van der Waals surface area contributed by atoms with Crippen molar-refractivity contribution in [2.45, 2.75) is 24.5 Å². The molecule has 1 saturated heterocycles. The van der Waals surface area contributed by atoms with Gasteiger partial charge in [0.05, 0.1) is 12.2 Å². The average molecular weight is 269 g/mol. The van der Waals surface area contributed by atoms with Crippen LogP contribution in [0.3, 0.4) is 0 Å². The molecule has 1 aliphatic rings. The number of benzene rings is 1. The third-order valence-corrected chi connectivity index (χ3v) is 2.94. The van der Waals surface area contributed by atoms with E-state index in [-0.39, 0.29) is 12.2 Å². The molecule has 7 nitrogen and oxygen atoms in total. The number of carbonyl (C=O) groups is 1. The molecule has 0 aliphatic carbocycles. The van der Waals surface area contributed by atoms with Gasteiger partial charge in [0.2, 0.25) is 0 Å². The molecule has 1 aromatic rings. The van der Waals surface area contributed by atoms with Gasteiger partial charge in [0.15, 0.2) is 6.23 Å². The van der Waals surface area contributed by atoms with Gasteiger partial charge in [-0.15, -0.1) is 0 Å². The van der Waals surface area contributed by atoms with Gasteiger partial charge in [0.25, 0.3) is 0 Å². The number of hydrogen-bond donors (Lipinski definition) is 5. The van der Waals surface area contributed by atoms with Gasteiger partial charge >= 0.3 is 5.97 Å². The third kappa shape index (κ3) is 3.02. The van der Waals surface area contributed by atoms with Crippen molar-refractivity contribution >= 4 is 11.7 Å². The number of nitrogens with one attached hydrogen (secondary N) is 1. The molecule has 0 bridgehead atoms. The van der Waals surface area contributed by atoms with Crippen molar-refractivity contribution in [3.63, 3.8) is 0 Å². The van der Waals surface area contributed by atoms with Gasteiger partial charge in [-0.1, -0.05) is 0 Å². The Kier molecular flexibility index (Phi) is 4.01. The van der Waals surface area contributed by atoms with E-state index in [4.69, 9.17) is 9.84 Å². The van der Waals surface area contributed by atoms with Crippen LogP contribution in [0, 0.1) is 0 Å². The fraction of sp³-hybridized carbons (Fsp3) is 0.417. The lowest BCUT2D eigenvalue weighted by Crippen LogP contribution is -2.55. The molecule has 5 N–H and O–H groups in total. The molecular formula is C12H15NO6. The van der Waals surface area contributed by atoms with Crippen LogP contribution in [0.15, 0.2) is 24.3 Å². The molecule has 0 aromatic heterocycles. The Labute approximate surface area is 109 Å². The number of ether oxygens (including phenoxy) is 1. The fourth-order valence-electron chi connectivity index (χ4n) is 1.81. The minimum atomic E-state index is -1.29. The minimum absolute atomic E-state index is 0.0941. The monoisotopic (exact) mass is 269 g/mol. The zero-order valence-corrected chi connectivity index (χ0v) is 9.93. The third-order valence-electron chi connectivity index (χ3n) is 2.94. The topological polar surface area (TPSA) is 119 Å². The van der Waals surface area contributed by atoms with Gasteiger partial charge in [-0.05, 0) is 24.3 Å². The van der Waals surface area contributed by atoms with Gasteiger partial charge < -0.3 is 30.5 Å². The predicted octanol–water partition coefficient (Wildman–Crippen LogP) is -0.764. The average Bonchev–Trinajstić information content (AvgIpc) is 2.40. The second-order valence-electron chi connectivity index (χ2n) is 4.33. The summed E-state index contributed by atoms with van der Waals surface area (Å²) in [6, 6.07) is 5.87. The molecule has 19 heavy (non-hydrogen) atoms. The van der Waals surface area contributed by atoms with Crippen LogP contribution < -0.4 is 5.32 Å². The largest absolute Gasteiger partial charge is 0.478 e. The first-order chi connectivity index (χ1) is 8.99. The molecule has 1 aromatic carbocycles. The van der Waals surface area contributed by atoms with Gasteiger partial charge in [0, 0.05) is 5.69 Å². The molecule has 1 aliphatic heterocycles. The minimum Gasteiger partial charge on any atom is -0.478 e. The number of anilines is 1. The van der Waals surface area contributed by atoms with E-state index in [9.17, 15) is 20.1 Å². The molecule has 4 atom stereocenters. The summed E-state index contributed by atoms with van der Waals surface area (Å²) in [4.78, 5) is 10.7. The summed E-state index contributed by atoms with van der Waals surface area (Å²) in [7, 11) is 0. The Hall–Kier alpha value is -1.67. The lowest BCUT2D eigenvalue weighted by molar-refractivity contribution is -0.178. The summed E-state index contributed by atoms with van der Waals surface area (Å²) in [5.74, 6) is -1.03. The van der Waals surface area contributed by atoms with Crippen molar-refractivity contribution in [2.75, 3.05) is 11.9 Å². The van der Waals surface area contributed by atoms with Crippen LogP contribution in [0.2, 0.25) is 0 Å². The number of carboxylic acid groups (broad SMARTS) is 1. The highest BCUT2D eigenvalue weighted by Crippen LogP contribution is 2.19. The van der Waals surface area contributed by atoms with Crippen LogP contribution in [-0.2, 0) is 4.74 Å². The van der Waals surface area contributed by atoms with E-state index >= 15 is 0 Å². The SMILES string of the molecule is O=C(O)c1ccc(NC2OC[C@@H](O)[C@@H](O)[C@@H]2O)cc1. The Bertz CT molecular complexity index is 448. The van der Waals surface area contributed by atoms with Crippen LogP contribution >= 0.6 is 0 Å². The molecule has 1 fully saturated rings. The number of rotatable bonds is 3. The smallest absolute Gasteiger partial charge is 0.335 e. The van der Waals surface area contributed by atoms with Gasteiger partial charge in [-0.3, -0.25) is 0 Å². The normalized spacial score (nSPS) is 30.9. The molecule has 1 heterocycles. The maximum absolute atomic E-state index is 10.7. The lowest BCUT2D eigenvalue weighted by atomic mass is 10.0. The first kappa shape index (κ1) is 13.8. The summed E-state index contributed by atoms with van der Waals surface area (Å²) >= 11 is 0. The fourth-order valence-corrected chi connectivity index (χ4v) is 1.81. The zero-order chi connectivity index (χ0) is 14.0. The number of aliphatic hydroxyl groups is 3. The highest BCUT2D eigenvalue weighted by molar-refractivity contribution is 5.87. The van der Waals surface area contributed by atoms with Crippen LogP contribution in [0.25, 0.3) is 0 Å². The molecule has 0 spiro atoms. The first-order valence-electron chi connectivity index (χ1n) is 5.74. The lowest BCUT2D eigenvalue weighted by Gasteiger charge is -2.35. The Morgan fingerprint density at radius 1 is 1.16 bits per heavy atom. The number of carboxylic acids is 1. The highest BCUT2D eigenvalue weighted by atomic mass is 16.5. The van der Waals surface area contributed by atoms with E-state index in [1.165, 1.54) is 24.3 Å². The Balaban J connectivity index is 2.03. The summed E-state index contributed by atoms with van der Waals surface area (Å²) in [5.41, 5.74) is 0.684. The maximum atomic E-state index is 10.7. The number of aliphatic hydroxyl groups excluding tert-OH is 3. The van der Waals surface area contributed by atoms with Crippen molar-refractivity contribution in [1.82, 2.24) is 0 Å². The van der Waals surface area contributed by atoms with E-state index in [2.05, 4.69) is 5.32 Å². The van der Waals surface area contributed by atoms with E-state index < -0.39 is 30.5 Å². The molecular weight excluding hydrogens is 254 g/mol. The van der Waals surface area contributed by atoms with Crippen molar-refractivity contribution in [2.24, 2.45) is 0 Å². The van der Waals surface area contributed by atoms with Crippen LogP contribution in [0.4, 0.5) is 5.69 Å². The van der Waals surface area contributed by atoms with E-state index in [1.54, 1.807) is 0 Å². The second-order valence-corrected chi connectivity index (χ2v) is 4.33. The van der Waals surface area contributed by atoms with Gasteiger partial charge in [-0.2, -0.15) is 0 Å². The molecule has 1 unspecified atom stereocenters. The van der Waals surface area contributed by atoms with Crippen molar-refractivity contribution in [3.05, 3.63) is 29.8 Å². The van der Waals surface area contributed by atoms with Crippen molar-refractivity contribution in [3.8, 4) is 0 Å². The maximum Gasteiger partial charge on any atom is 0.335 e. The molecule has 2 rings (SSSR count). The summed E-state index contributed by atoms with van der Waals surface area (Å²) in [6.07, 6.45) is -4.55. The molecule has 0 radical (unpaired) electrons. The van der Waals surface area contributed by atoms with Gasteiger partial charge in [0.1, 0.15) is 18.3 Å². The van der Waals surface area contributed by atoms with Crippen LogP contribution in [-0.4, -0.2) is 57.5 Å². The Morgan fingerprint density at radius 3 is 2.37 bits per heavy atom. The molecule has 0 amide bonds. The summed E-state index contributed by atoms with van der Waals surface area (Å²) in [6.45, 7) is -0.0941. The van der Waals surface area contributed by atoms with Crippen LogP contribution in [0.1, 0.15) is 10.4 Å². The Morgan fingerprint density at radius 2 is 1.79 bits per heavy atom. The van der Waals surface area contributed by atoms with Crippen molar-refractivity contribution < 1.29 is 30.0 Å². The first-order valence-corrected chi connectivity index (χ1v) is 5.74.